The van der Waals surface area contributed by atoms with E-state index in [2.05, 4.69) is 0 Å². The molecule has 1 aromatic heterocycles. The van der Waals surface area contributed by atoms with Crippen molar-refractivity contribution in [2.45, 2.75) is 11.1 Å². The molecule has 0 aliphatic carbocycles. The summed E-state index contributed by atoms with van der Waals surface area (Å²) in [6.45, 7) is 3.03. The number of carbonyl (C=O) groups excluding carboxylic acids is 1. The van der Waals surface area contributed by atoms with Crippen molar-refractivity contribution >= 4 is 45.0 Å². The van der Waals surface area contributed by atoms with E-state index in [4.69, 9.17) is 5.11 Å². The normalized spacial score (nSPS) is 17.7. The lowest BCUT2D eigenvalue weighted by Crippen LogP contribution is -2.51. The molecule has 2 rings (SSSR count). The summed E-state index contributed by atoms with van der Waals surface area (Å²) in [5.74, 6) is -0.444. The number of thiophene rings is 1. The van der Waals surface area contributed by atoms with Crippen LogP contribution in [0.1, 0.15) is 17.3 Å². The summed E-state index contributed by atoms with van der Waals surface area (Å²) in [6, 6.07) is 1.18. The quantitative estimate of drug-likeness (QED) is 0.784. The number of amides is 1. The van der Waals surface area contributed by atoms with Crippen molar-refractivity contribution in [3.8, 4) is 0 Å². The first-order chi connectivity index (χ1) is 11.3. The molecule has 1 aromatic rings. The SMILES string of the molecule is CSCC(C)C(=O)N1CCN(S(=O)(=O)c2cc(C(=O)O)cs2)CC1. The molecule has 24 heavy (non-hydrogen) atoms. The Balaban J connectivity index is 2.02. The van der Waals surface area contributed by atoms with Gasteiger partial charge in [0.2, 0.25) is 5.91 Å². The number of carboxylic acid groups (broad SMARTS) is 1. The number of sulfonamides is 1. The fourth-order valence-corrected chi connectivity index (χ4v) is 5.84. The van der Waals surface area contributed by atoms with Crippen LogP contribution in [0, 0.1) is 5.92 Å². The summed E-state index contributed by atoms with van der Waals surface area (Å²) < 4.78 is 26.5. The van der Waals surface area contributed by atoms with Gasteiger partial charge in [0.1, 0.15) is 4.21 Å². The van der Waals surface area contributed by atoms with Crippen LogP contribution < -0.4 is 0 Å². The van der Waals surface area contributed by atoms with Crippen LogP contribution in [0.25, 0.3) is 0 Å². The van der Waals surface area contributed by atoms with Gasteiger partial charge in [0.15, 0.2) is 0 Å². The van der Waals surface area contributed by atoms with E-state index in [1.165, 1.54) is 15.8 Å². The number of rotatable bonds is 6. The van der Waals surface area contributed by atoms with Crippen LogP contribution in [-0.4, -0.2) is 72.8 Å². The Morgan fingerprint density at radius 3 is 2.46 bits per heavy atom. The minimum atomic E-state index is -3.71. The summed E-state index contributed by atoms with van der Waals surface area (Å²) >= 11 is 2.51. The molecule has 0 saturated carbocycles. The molecule has 1 aliphatic rings. The van der Waals surface area contributed by atoms with Gasteiger partial charge in [0, 0.05) is 43.2 Å². The summed E-state index contributed by atoms with van der Waals surface area (Å²) in [7, 11) is -3.71. The van der Waals surface area contributed by atoms with E-state index in [0.717, 1.165) is 17.1 Å². The first-order valence-electron chi connectivity index (χ1n) is 7.37. The molecule has 134 valence electrons. The van der Waals surface area contributed by atoms with Crippen molar-refractivity contribution in [2.24, 2.45) is 5.92 Å². The molecule has 10 heteroatoms. The fraction of sp³-hybridized carbons (Fsp3) is 0.571. The first kappa shape index (κ1) is 19.2. The van der Waals surface area contributed by atoms with Gasteiger partial charge < -0.3 is 10.0 Å². The number of hydrogen-bond acceptors (Lipinski definition) is 6. The minimum Gasteiger partial charge on any atom is -0.478 e. The zero-order valence-electron chi connectivity index (χ0n) is 13.5. The van der Waals surface area contributed by atoms with Gasteiger partial charge in [-0.2, -0.15) is 16.1 Å². The maximum Gasteiger partial charge on any atom is 0.336 e. The third-order valence-corrected chi connectivity index (χ3v) is 7.95. The molecule has 1 atom stereocenters. The zero-order valence-corrected chi connectivity index (χ0v) is 15.9. The van der Waals surface area contributed by atoms with Crippen LogP contribution in [-0.2, 0) is 14.8 Å². The molecule has 0 radical (unpaired) electrons. The lowest BCUT2D eigenvalue weighted by Gasteiger charge is -2.35. The van der Waals surface area contributed by atoms with Gasteiger partial charge in [-0.25, -0.2) is 13.2 Å². The lowest BCUT2D eigenvalue weighted by molar-refractivity contribution is -0.135. The van der Waals surface area contributed by atoms with E-state index in [1.807, 2.05) is 13.2 Å². The molecule has 1 unspecified atom stereocenters. The van der Waals surface area contributed by atoms with Crippen LogP contribution in [0.5, 0.6) is 0 Å². The van der Waals surface area contributed by atoms with Crippen molar-refractivity contribution in [3.05, 3.63) is 17.0 Å². The molecule has 0 aromatic carbocycles. The van der Waals surface area contributed by atoms with Crippen molar-refractivity contribution in [2.75, 3.05) is 38.2 Å². The highest BCUT2D eigenvalue weighted by Gasteiger charge is 2.32. The van der Waals surface area contributed by atoms with E-state index in [9.17, 15) is 18.0 Å². The smallest absolute Gasteiger partial charge is 0.336 e. The Kier molecular flexibility index (Phi) is 6.29. The number of hydrogen-bond donors (Lipinski definition) is 1. The molecule has 2 heterocycles. The van der Waals surface area contributed by atoms with Crippen LogP contribution in [0.4, 0.5) is 0 Å². The van der Waals surface area contributed by atoms with E-state index in [0.29, 0.717) is 13.1 Å². The van der Waals surface area contributed by atoms with Crippen LogP contribution in [0.2, 0.25) is 0 Å². The molecule has 0 bridgehead atoms. The van der Waals surface area contributed by atoms with Crippen LogP contribution >= 0.6 is 23.1 Å². The second kappa shape index (κ2) is 7.85. The predicted molar refractivity (Wildman–Crippen MR) is 94.2 cm³/mol. The summed E-state index contributed by atoms with van der Waals surface area (Å²) in [5.41, 5.74) is -0.0294. The average molecular weight is 393 g/mol. The van der Waals surface area contributed by atoms with E-state index >= 15 is 0 Å². The van der Waals surface area contributed by atoms with Gasteiger partial charge in [-0.1, -0.05) is 6.92 Å². The fourth-order valence-electron chi connectivity index (χ4n) is 2.47. The van der Waals surface area contributed by atoms with Gasteiger partial charge >= 0.3 is 5.97 Å². The summed E-state index contributed by atoms with van der Waals surface area (Å²) in [6.07, 6.45) is 1.95. The number of carbonyl (C=O) groups is 2. The number of nitrogens with zero attached hydrogens (tertiary/aromatic N) is 2. The van der Waals surface area contributed by atoms with Gasteiger partial charge in [-0.3, -0.25) is 4.79 Å². The molecule has 1 saturated heterocycles. The highest BCUT2D eigenvalue weighted by atomic mass is 32.2. The Hall–Kier alpha value is -1.10. The second-order valence-electron chi connectivity index (χ2n) is 5.55. The lowest BCUT2D eigenvalue weighted by atomic mass is 10.2. The Bertz CT molecular complexity index is 708. The maximum atomic E-state index is 12.6. The van der Waals surface area contributed by atoms with Gasteiger partial charge in [-0.05, 0) is 12.3 Å². The molecular weight excluding hydrogens is 372 g/mol. The molecule has 1 amide bonds. The molecule has 0 spiro atoms. The molecule has 1 aliphatic heterocycles. The van der Waals surface area contributed by atoms with Crippen molar-refractivity contribution in [1.82, 2.24) is 9.21 Å². The van der Waals surface area contributed by atoms with Crippen molar-refractivity contribution in [1.29, 1.82) is 0 Å². The first-order valence-corrected chi connectivity index (χ1v) is 11.1. The number of piperazine rings is 1. The highest BCUT2D eigenvalue weighted by Crippen LogP contribution is 2.25. The number of aromatic carboxylic acids is 1. The molecule has 7 nitrogen and oxygen atoms in total. The zero-order chi connectivity index (χ0) is 17.9. The van der Waals surface area contributed by atoms with Gasteiger partial charge in [0.05, 0.1) is 5.56 Å². The standard InChI is InChI=1S/C14H20N2O5S3/c1-10(8-22-2)13(17)15-3-5-16(6-4-15)24(20,21)12-7-11(9-23-12)14(18)19/h7,9-10H,3-6,8H2,1-2H3,(H,18,19). The monoisotopic (exact) mass is 392 g/mol. The second-order valence-corrected chi connectivity index (χ2v) is 9.53. The van der Waals surface area contributed by atoms with Crippen LogP contribution in [0.15, 0.2) is 15.7 Å². The Labute approximate surface area is 149 Å². The largest absolute Gasteiger partial charge is 0.478 e. The van der Waals surface area contributed by atoms with Gasteiger partial charge in [-0.15, -0.1) is 11.3 Å². The van der Waals surface area contributed by atoms with E-state index in [1.54, 1.807) is 16.7 Å². The van der Waals surface area contributed by atoms with E-state index < -0.39 is 16.0 Å². The highest BCUT2D eigenvalue weighted by molar-refractivity contribution is 7.98. The molecule has 1 N–H and O–H groups in total. The van der Waals surface area contributed by atoms with Crippen LogP contribution in [0.3, 0.4) is 0 Å². The topological polar surface area (TPSA) is 95.0 Å². The number of carboxylic acids is 1. The number of thioether (sulfide) groups is 1. The molecule has 1 fully saturated rings. The molecular formula is C14H20N2O5S3. The summed E-state index contributed by atoms with van der Waals surface area (Å²) in [4.78, 5) is 24.9. The third-order valence-electron chi connectivity index (χ3n) is 3.81. The predicted octanol–water partition coefficient (Wildman–Crippen LogP) is 1.28. The van der Waals surface area contributed by atoms with Crippen molar-refractivity contribution < 1.29 is 23.1 Å². The maximum absolute atomic E-state index is 12.6. The average Bonchev–Trinajstić information content (AvgIpc) is 3.05. The third kappa shape index (κ3) is 4.11. The minimum absolute atomic E-state index is 0.0235. The van der Waals surface area contributed by atoms with Gasteiger partial charge in [0.25, 0.3) is 10.0 Å². The Morgan fingerprint density at radius 1 is 1.33 bits per heavy atom. The van der Waals surface area contributed by atoms with E-state index in [-0.39, 0.29) is 34.7 Å². The summed E-state index contributed by atoms with van der Waals surface area (Å²) in [5, 5.41) is 10.2. The van der Waals surface area contributed by atoms with Crippen molar-refractivity contribution in [3.63, 3.8) is 0 Å². The Morgan fingerprint density at radius 2 is 1.96 bits per heavy atom.